The van der Waals surface area contributed by atoms with Gasteiger partial charge < -0.3 is 20.0 Å². The normalized spacial score (nSPS) is 16.6. The third-order valence-electron chi connectivity index (χ3n) is 4.32. The Morgan fingerprint density at radius 1 is 1.25 bits per heavy atom. The lowest BCUT2D eigenvalue weighted by atomic mass is 9.94. The van der Waals surface area contributed by atoms with Gasteiger partial charge in [-0.15, -0.1) is 0 Å². The zero-order valence-electron chi connectivity index (χ0n) is 15.7. The minimum Gasteiger partial charge on any atom is -0.443 e. The van der Waals surface area contributed by atoms with Crippen LogP contribution in [-0.4, -0.2) is 49.1 Å². The second kappa shape index (κ2) is 9.06. The molecule has 0 unspecified atom stereocenters. The molecule has 6 heteroatoms. The van der Waals surface area contributed by atoms with Crippen molar-refractivity contribution in [3.63, 3.8) is 0 Å². The fourth-order valence-electron chi connectivity index (χ4n) is 2.79. The summed E-state index contributed by atoms with van der Waals surface area (Å²) in [6.07, 6.45) is 6.94. The summed E-state index contributed by atoms with van der Waals surface area (Å²) in [5.41, 5.74) is -0.0134. The highest BCUT2D eigenvalue weighted by atomic mass is 16.4. The maximum absolute atomic E-state index is 5.78. The molecule has 0 bridgehead atoms. The lowest BCUT2D eigenvalue weighted by Gasteiger charge is -2.15. The number of oxazole rings is 1. The Morgan fingerprint density at radius 3 is 2.62 bits per heavy atom. The van der Waals surface area contributed by atoms with Crippen molar-refractivity contribution in [1.29, 1.82) is 0 Å². The predicted octanol–water partition coefficient (Wildman–Crippen LogP) is 2.51. The van der Waals surface area contributed by atoms with Crippen LogP contribution < -0.4 is 10.6 Å². The van der Waals surface area contributed by atoms with E-state index in [4.69, 9.17) is 4.42 Å². The molecule has 136 valence electrons. The summed E-state index contributed by atoms with van der Waals surface area (Å²) in [7, 11) is 1.79. The molecule has 2 rings (SSSR count). The van der Waals surface area contributed by atoms with Crippen LogP contribution in [0.15, 0.2) is 15.6 Å². The van der Waals surface area contributed by atoms with E-state index in [0.29, 0.717) is 12.4 Å². The second-order valence-electron chi connectivity index (χ2n) is 7.48. The molecule has 1 aromatic heterocycles. The third kappa shape index (κ3) is 6.15. The average molecular weight is 335 g/mol. The molecule has 0 saturated carbocycles. The lowest BCUT2D eigenvalue weighted by molar-refractivity contribution is 0.330. The summed E-state index contributed by atoms with van der Waals surface area (Å²) in [6, 6.07) is 0. The molecule has 0 spiro atoms. The Bertz CT molecular complexity index is 512. The highest BCUT2D eigenvalue weighted by Gasteiger charge is 2.19. The van der Waals surface area contributed by atoms with E-state index in [2.05, 4.69) is 46.3 Å². The van der Waals surface area contributed by atoms with Crippen molar-refractivity contribution in [3.05, 3.63) is 17.8 Å². The highest BCUT2D eigenvalue weighted by molar-refractivity contribution is 5.79. The number of nitrogens with zero attached hydrogens (tertiary/aromatic N) is 3. The molecule has 0 amide bonds. The average Bonchev–Trinajstić information content (AvgIpc) is 3.20. The SMILES string of the molecule is CN=C(NCCCCN1CCCC1)NCc1ncc(C(C)(C)C)o1. The van der Waals surface area contributed by atoms with E-state index in [1.165, 1.54) is 38.9 Å². The number of nitrogens with one attached hydrogen (secondary N) is 2. The maximum atomic E-state index is 5.78. The molecule has 0 atom stereocenters. The second-order valence-corrected chi connectivity index (χ2v) is 7.48. The molecule has 1 aliphatic heterocycles. The first-order valence-corrected chi connectivity index (χ1v) is 9.11. The van der Waals surface area contributed by atoms with Crippen molar-refractivity contribution in [2.75, 3.05) is 33.2 Å². The van der Waals surface area contributed by atoms with Gasteiger partial charge in [0.1, 0.15) is 5.76 Å². The fourth-order valence-corrected chi connectivity index (χ4v) is 2.79. The van der Waals surface area contributed by atoms with Gasteiger partial charge in [-0.2, -0.15) is 0 Å². The van der Waals surface area contributed by atoms with Crippen molar-refractivity contribution in [3.8, 4) is 0 Å². The van der Waals surface area contributed by atoms with Crippen molar-refractivity contribution < 1.29 is 4.42 Å². The largest absolute Gasteiger partial charge is 0.443 e. The molecule has 1 saturated heterocycles. The van der Waals surface area contributed by atoms with Gasteiger partial charge in [0.15, 0.2) is 5.96 Å². The van der Waals surface area contributed by atoms with E-state index < -0.39 is 0 Å². The number of rotatable bonds is 7. The lowest BCUT2D eigenvalue weighted by Crippen LogP contribution is -2.37. The van der Waals surface area contributed by atoms with Gasteiger partial charge >= 0.3 is 0 Å². The van der Waals surface area contributed by atoms with Crippen LogP contribution in [0.1, 0.15) is 58.1 Å². The molecule has 1 fully saturated rings. The van der Waals surface area contributed by atoms with Crippen molar-refractivity contribution >= 4 is 5.96 Å². The number of aliphatic imine (C=N–C) groups is 1. The zero-order valence-corrected chi connectivity index (χ0v) is 15.7. The van der Waals surface area contributed by atoms with Gasteiger partial charge in [0.25, 0.3) is 0 Å². The van der Waals surface area contributed by atoms with Crippen molar-refractivity contribution in [1.82, 2.24) is 20.5 Å². The molecule has 2 heterocycles. The Morgan fingerprint density at radius 2 is 2.00 bits per heavy atom. The molecule has 1 aromatic rings. The van der Waals surface area contributed by atoms with E-state index in [9.17, 15) is 0 Å². The summed E-state index contributed by atoms with van der Waals surface area (Å²) >= 11 is 0. The van der Waals surface area contributed by atoms with E-state index in [1.807, 2.05) is 6.20 Å². The van der Waals surface area contributed by atoms with E-state index in [0.717, 1.165) is 24.7 Å². The third-order valence-corrected chi connectivity index (χ3v) is 4.32. The van der Waals surface area contributed by atoms with E-state index in [1.54, 1.807) is 7.05 Å². The molecule has 2 N–H and O–H groups in total. The molecular weight excluding hydrogens is 302 g/mol. The van der Waals surface area contributed by atoms with E-state index >= 15 is 0 Å². The van der Waals surface area contributed by atoms with Crippen LogP contribution in [0.5, 0.6) is 0 Å². The number of hydrogen-bond donors (Lipinski definition) is 2. The van der Waals surface area contributed by atoms with Gasteiger partial charge in [-0.1, -0.05) is 20.8 Å². The number of aromatic nitrogens is 1. The fraction of sp³-hybridized carbons (Fsp3) is 0.778. The molecule has 0 aromatic carbocycles. The van der Waals surface area contributed by atoms with Gasteiger partial charge in [0.05, 0.1) is 12.7 Å². The van der Waals surface area contributed by atoms with Gasteiger partial charge in [-0.25, -0.2) is 4.98 Å². The Hall–Kier alpha value is -1.56. The van der Waals surface area contributed by atoms with Gasteiger partial charge in [-0.05, 0) is 45.3 Å². The molecule has 24 heavy (non-hydrogen) atoms. The first-order chi connectivity index (χ1) is 11.5. The van der Waals surface area contributed by atoms with Crippen LogP contribution in [0.25, 0.3) is 0 Å². The molecule has 0 aliphatic carbocycles. The number of hydrogen-bond acceptors (Lipinski definition) is 4. The number of guanidine groups is 1. The minimum atomic E-state index is -0.0134. The molecule has 6 nitrogen and oxygen atoms in total. The quantitative estimate of drug-likeness (QED) is 0.455. The van der Waals surface area contributed by atoms with Crippen molar-refractivity contribution in [2.45, 2.75) is 58.4 Å². The molecular formula is C18H33N5O. The van der Waals surface area contributed by atoms with Gasteiger partial charge in [0, 0.05) is 19.0 Å². The first-order valence-electron chi connectivity index (χ1n) is 9.11. The topological polar surface area (TPSA) is 65.7 Å². The minimum absolute atomic E-state index is 0.0134. The van der Waals surface area contributed by atoms with Gasteiger partial charge in [-0.3, -0.25) is 4.99 Å². The summed E-state index contributed by atoms with van der Waals surface area (Å²) in [5.74, 6) is 2.40. The summed E-state index contributed by atoms with van der Waals surface area (Å²) in [6.45, 7) is 11.6. The van der Waals surface area contributed by atoms with Crippen LogP contribution in [0.2, 0.25) is 0 Å². The van der Waals surface area contributed by atoms with Gasteiger partial charge in [0.2, 0.25) is 5.89 Å². The summed E-state index contributed by atoms with van der Waals surface area (Å²) in [5, 5.41) is 6.61. The molecule has 1 aliphatic rings. The van der Waals surface area contributed by atoms with Crippen molar-refractivity contribution in [2.24, 2.45) is 4.99 Å². The summed E-state index contributed by atoms with van der Waals surface area (Å²) in [4.78, 5) is 11.1. The zero-order chi connectivity index (χ0) is 17.4. The Kier molecular flexibility index (Phi) is 7.09. The maximum Gasteiger partial charge on any atom is 0.213 e. The van der Waals surface area contributed by atoms with Crippen LogP contribution in [0.4, 0.5) is 0 Å². The van der Waals surface area contributed by atoms with Crippen LogP contribution >= 0.6 is 0 Å². The predicted molar refractivity (Wildman–Crippen MR) is 98.3 cm³/mol. The highest BCUT2D eigenvalue weighted by Crippen LogP contribution is 2.22. The first kappa shape index (κ1) is 18.8. The number of likely N-dealkylation sites (tertiary alicyclic amines) is 1. The van der Waals surface area contributed by atoms with Crippen LogP contribution in [-0.2, 0) is 12.0 Å². The van der Waals surface area contributed by atoms with Crippen LogP contribution in [0.3, 0.4) is 0 Å². The van der Waals surface area contributed by atoms with Crippen LogP contribution in [0, 0.1) is 0 Å². The Labute approximate surface area is 146 Å². The smallest absolute Gasteiger partial charge is 0.213 e. The Balaban J connectivity index is 1.62. The monoisotopic (exact) mass is 335 g/mol. The summed E-state index contributed by atoms with van der Waals surface area (Å²) < 4.78 is 5.78. The standard InChI is InChI=1S/C18H33N5O/c1-18(2,3)15-13-21-16(24-15)14-22-17(19-4)20-9-5-6-10-23-11-7-8-12-23/h13H,5-12,14H2,1-4H3,(H2,19,20,22). The van der Waals surface area contributed by atoms with E-state index in [-0.39, 0.29) is 5.41 Å². The number of unbranched alkanes of at least 4 members (excludes halogenated alkanes) is 1. The molecule has 0 radical (unpaired) electrons.